The largest absolute Gasteiger partial charge is 0.496 e. The molecule has 0 saturated carbocycles. The van der Waals surface area contributed by atoms with E-state index in [1.807, 2.05) is 42.5 Å². The Morgan fingerprint density at radius 3 is 2.40 bits per heavy atom. The topological polar surface area (TPSA) is 118 Å². The second kappa shape index (κ2) is 14.9. The van der Waals surface area contributed by atoms with Crippen LogP contribution in [-0.4, -0.2) is 72.6 Å². The normalized spacial score (nSPS) is 18.9. The van der Waals surface area contributed by atoms with Gasteiger partial charge in [-0.3, -0.25) is 19.5 Å². The van der Waals surface area contributed by atoms with Gasteiger partial charge in [0.05, 0.1) is 35.7 Å². The third kappa shape index (κ3) is 7.16. The number of hydrogen-bond donors (Lipinski definition) is 3. The van der Waals surface area contributed by atoms with Gasteiger partial charge in [-0.05, 0) is 49.1 Å². The summed E-state index contributed by atoms with van der Waals surface area (Å²) in [5, 5.41) is 10.5. The van der Waals surface area contributed by atoms with E-state index in [4.69, 9.17) is 42.6 Å². The molecule has 0 spiro atoms. The number of pyridine rings is 2. The van der Waals surface area contributed by atoms with Crippen molar-refractivity contribution in [2.75, 3.05) is 33.9 Å². The summed E-state index contributed by atoms with van der Waals surface area (Å²) in [5.74, 6) is 1.54. The fraction of sp³-hybridized carbons (Fsp3) is 0.368. The fourth-order valence-corrected chi connectivity index (χ4v) is 7.87. The second-order valence-corrected chi connectivity index (χ2v) is 13.8. The number of methoxy groups -OCH3 is 2. The molecule has 3 aliphatic heterocycles. The lowest BCUT2D eigenvalue weighted by molar-refractivity contribution is -0.120. The molecule has 3 N–H and O–H groups in total. The van der Waals surface area contributed by atoms with Crippen molar-refractivity contribution in [3.05, 3.63) is 81.5 Å². The van der Waals surface area contributed by atoms with Crippen molar-refractivity contribution < 1.29 is 19.1 Å². The van der Waals surface area contributed by atoms with E-state index in [0.29, 0.717) is 53.2 Å². The van der Waals surface area contributed by atoms with Gasteiger partial charge in [-0.1, -0.05) is 47.5 Å². The van der Waals surface area contributed by atoms with Crippen LogP contribution in [0.25, 0.3) is 33.6 Å². The SMILES string of the molecule is COc1cc(-c2nccc(-c3cccc(-c4ccc(CNC[C@@H]5CCC(=O)N5)c(OC)n4)c3Cl)c2Cl)cc2c1CN(C[C@@H]1CCC(=O)N1)CC2. The summed E-state index contributed by atoms with van der Waals surface area (Å²) in [6, 6.07) is 16.1. The fourth-order valence-electron chi connectivity index (χ4n) is 7.22. The average Bonchev–Trinajstić information content (AvgIpc) is 3.74. The third-order valence-corrected chi connectivity index (χ3v) is 10.6. The van der Waals surface area contributed by atoms with Gasteiger partial charge in [-0.25, -0.2) is 4.98 Å². The van der Waals surface area contributed by atoms with E-state index >= 15 is 0 Å². The third-order valence-electron chi connectivity index (χ3n) is 9.82. The Bertz CT molecular complexity index is 1920. The van der Waals surface area contributed by atoms with Crippen LogP contribution in [0.15, 0.2) is 54.7 Å². The Morgan fingerprint density at radius 2 is 1.66 bits per heavy atom. The Kier molecular flexibility index (Phi) is 10.2. The molecule has 2 amide bonds. The van der Waals surface area contributed by atoms with E-state index in [9.17, 15) is 9.59 Å². The van der Waals surface area contributed by atoms with Crippen LogP contribution in [0.3, 0.4) is 0 Å². The number of benzene rings is 2. The van der Waals surface area contributed by atoms with E-state index in [1.165, 1.54) is 5.56 Å². The predicted octanol–water partition coefficient (Wildman–Crippen LogP) is 5.81. The number of fused-ring (bicyclic) bond motifs is 1. The van der Waals surface area contributed by atoms with Crippen molar-refractivity contribution in [1.29, 1.82) is 0 Å². The van der Waals surface area contributed by atoms with E-state index in [2.05, 4.69) is 26.9 Å². The van der Waals surface area contributed by atoms with Crippen LogP contribution < -0.4 is 25.4 Å². The first-order valence-corrected chi connectivity index (χ1v) is 17.8. The zero-order valence-electron chi connectivity index (χ0n) is 28.2. The zero-order valence-corrected chi connectivity index (χ0v) is 29.7. The molecule has 2 fully saturated rings. The highest BCUT2D eigenvalue weighted by molar-refractivity contribution is 6.39. The molecule has 0 bridgehead atoms. The number of nitrogens with zero attached hydrogens (tertiary/aromatic N) is 3. The molecule has 2 aromatic carbocycles. The van der Waals surface area contributed by atoms with Gasteiger partial charge in [0.25, 0.3) is 0 Å². The molecule has 2 aromatic heterocycles. The standard InChI is InChI=1S/C38H40Cl2N6O4/c1-49-32-17-24(16-22-13-15-46(21-30(22)32)20-26-8-11-34(48)44-26)37-36(40)28(12-14-42-37)27-4-3-5-29(35(27)39)31-9-6-23(38(45-31)50-2)18-41-19-25-7-10-33(47)43-25/h3-6,9,12,14,16-17,25-26,41H,7-8,10-11,13,15,18-21H2,1-2H3,(H,43,47)(H,44,48)/t25-,26-/m0/s1. The van der Waals surface area contributed by atoms with Gasteiger partial charge in [-0.15, -0.1) is 0 Å². The maximum absolute atomic E-state index is 11.7. The van der Waals surface area contributed by atoms with E-state index in [-0.39, 0.29) is 23.9 Å². The molecule has 0 unspecified atom stereocenters. The lowest BCUT2D eigenvalue weighted by Crippen LogP contribution is -2.41. The summed E-state index contributed by atoms with van der Waals surface area (Å²) in [5.41, 5.74) is 7.75. The van der Waals surface area contributed by atoms with Gasteiger partial charge in [-0.2, -0.15) is 0 Å². The van der Waals surface area contributed by atoms with E-state index in [1.54, 1.807) is 20.4 Å². The van der Waals surface area contributed by atoms with Crippen molar-refractivity contribution in [1.82, 2.24) is 30.8 Å². The monoisotopic (exact) mass is 714 g/mol. The van der Waals surface area contributed by atoms with Crippen molar-refractivity contribution in [2.24, 2.45) is 0 Å². The lowest BCUT2D eigenvalue weighted by Gasteiger charge is -2.32. The molecule has 7 rings (SSSR count). The van der Waals surface area contributed by atoms with Crippen molar-refractivity contribution in [3.8, 4) is 45.3 Å². The highest BCUT2D eigenvalue weighted by Gasteiger charge is 2.28. The molecule has 2 atom stereocenters. The maximum Gasteiger partial charge on any atom is 0.220 e. The summed E-state index contributed by atoms with van der Waals surface area (Å²) in [6.07, 6.45) is 5.50. The van der Waals surface area contributed by atoms with Crippen LogP contribution in [-0.2, 0) is 29.1 Å². The van der Waals surface area contributed by atoms with Gasteiger partial charge in [0.1, 0.15) is 5.75 Å². The Labute approximate surface area is 301 Å². The first kappa shape index (κ1) is 34.2. The van der Waals surface area contributed by atoms with E-state index in [0.717, 1.165) is 78.0 Å². The molecule has 260 valence electrons. The number of halogens is 2. The molecule has 2 saturated heterocycles. The summed E-state index contributed by atoms with van der Waals surface area (Å²) < 4.78 is 11.6. The van der Waals surface area contributed by atoms with Crippen LogP contribution >= 0.6 is 23.2 Å². The smallest absolute Gasteiger partial charge is 0.220 e. The van der Waals surface area contributed by atoms with Crippen LogP contribution in [0.4, 0.5) is 0 Å². The molecule has 10 nitrogen and oxygen atoms in total. The highest BCUT2D eigenvalue weighted by Crippen LogP contribution is 2.43. The minimum atomic E-state index is 0.101. The van der Waals surface area contributed by atoms with E-state index < -0.39 is 0 Å². The maximum atomic E-state index is 11.7. The molecular weight excluding hydrogens is 675 g/mol. The Balaban J connectivity index is 1.13. The molecule has 50 heavy (non-hydrogen) atoms. The zero-order chi connectivity index (χ0) is 34.8. The number of ether oxygens (including phenoxy) is 2. The highest BCUT2D eigenvalue weighted by atomic mass is 35.5. The predicted molar refractivity (Wildman–Crippen MR) is 194 cm³/mol. The van der Waals surface area contributed by atoms with Crippen molar-refractivity contribution >= 4 is 35.0 Å². The summed E-state index contributed by atoms with van der Waals surface area (Å²) in [6.45, 7) is 3.71. The van der Waals surface area contributed by atoms with Crippen LogP contribution in [0.1, 0.15) is 42.4 Å². The first-order chi connectivity index (χ1) is 24.3. The van der Waals surface area contributed by atoms with Crippen LogP contribution in [0.5, 0.6) is 11.6 Å². The van der Waals surface area contributed by atoms with Gasteiger partial charge in [0.15, 0.2) is 0 Å². The number of carbonyl (C=O) groups excluding carboxylic acids is 2. The van der Waals surface area contributed by atoms with Crippen molar-refractivity contribution in [2.45, 2.75) is 57.3 Å². The molecule has 4 aromatic rings. The summed E-state index contributed by atoms with van der Waals surface area (Å²) in [4.78, 5) is 35.1. The first-order valence-electron chi connectivity index (χ1n) is 17.0. The van der Waals surface area contributed by atoms with Gasteiger partial charge < -0.3 is 25.4 Å². The lowest BCUT2D eigenvalue weighted by atomic mass is 9.93. The van der Waals surface area contributed by atoms with Gasteiger partial charge in [0, 0.05) is 97.2 Å². The quantitative estimate of drug-likeness (QED) is 0.178. The second-order valence-electron chi connectivity index (χ2n) is 13.1. The van der Waals surface area contributed by atoms with Crippen LogP contribution in [0, 0.1) is 0 Å². The van der Waals surface area contributed by atoms with Crippen molar-refractivity contribution in [3.63, 3.8) is 0 Å². The Hall–Kier alpha value is -4.22. The summed E-state index contributed by atoms with van der Waals surface area (Å²) in [7, 11) is 3.29. The minimum absolute atomic E-state index is 0.101. The summed E-state index contributed by atoms with van der Waals surface area (Å²) >= 11 is 14.3. The molecular formula is C38H40Cl2N6O4. The number of hydrogen-bond acceptors (Lipinski definition) is 8. The number of aromatic nitrogens is 2. The van der Waals surface area contributed by atoms with Gasteiger partial charge in [0.2, 0.25) is 17.7 Å². The molecule has 0 aliphatic carbocycles. The number of rotatable bonds is 11. The number of amides is 2. The molecule has 12 heteroatoms. The van der Waals surface area contributed by atoms with Gasteiger partial charge >= 0.3 is 0 Å². The van der Waals surface area contributed by atoms with Crippen LogP contribution in [0.2, 0.25) is 10.0 Å². The molecule has 0 radical (unpaired) electrons. The number of carbonyl (C=O) groups is 2. The minimum Gasteiger partial charge on any atom is -0.496 e. The molecule has 3 aliphatic rings. The Morgan fingerprint density at radius 1 is 0.900 bits per heavy atom. The number of nitrogens with one attached hydrogen (secondary N) is 3. The average molecular weight is 716 g/mol. The molecule has 5 heterocycles.